The van der Waals surface area contributed by atoms with Gasteiger partial charge in [0.25, 0.3) is 5.56 Å². The Morgan fingerprint density at radius 2 is 1.96 bits per heavy atom. The average Bonchev–Trinajstić information content (AvgIpc) is 3.12. The van der Waals surface area contributed by atoms with Gasteiger partial charge in [-0.2, -0.15) is 0 Å². The smallest absolute Gasteiger partial charge is 0.341 e. The van der Waals surface area contributed by atoms with E-state index in [1.54, 1.807) is 12.3 Å². The van der Waals surface area contributed by atoms with Crippen LogP contribution in [-0.4, -0.2) is 20.7 Å². The molecular formula is C16H10FN3O3. The van der Waals surface area contributed by atoms with Crippen LogP contribution in [0.1, 0.15) is 16.1 Å². The number of cyclic esters (lactones) is 1. The Morgan fingerprint density at radius 3 is 2.74 bits per heavy atom. The third-order valence-electron chi connectivity index (χ3n) is 3.67. The molecule has 1 aliphatic heterocycles. The molecule has 3 heterocycles. The van der Waals surface area contributed by atoms with Crippen LogP contribution in [0.25, 0.3) is 16.9 Å². The predicted molar refractivity (Wildman–Crippen MR) is 78.7 cm³/mol. The monoisotopic (exact) mass is 311 g/mol. The van der Waals surface area contributed by atoms with Gasteiger partial charge in [0.05, 0.1) is 22.6 Å². The molecule has 3 aromatic rings. The number of rotatable bonds is 2. The van der Waals surface area contributed by atoms with Crippen LogP contribution in [0.3, 0.4) is 0 Å². The minimum absolute atomic E-state index is 0.118. The molecule has 0 saturated carbocycles. The molecule has 0 amide bonds. The molecule has 1 aliphatic rings. The Kier molecular flexibility index (Phi) is 2.87. The van der Waals surface area contributed by atoms with Gasteiger partial charge in [0.2, 0.25) is 0 Å². The summed E-state index contributed by atoms with van der Waals surface area (Å²) in [5, 5.41) is 2.65. The maximum Gasteiger partial charge on any atom is 0.341 e. The number of ether oxygens (including phenoxy) is 1. The summed E-state index contributed by atoms with van der Waals surface area (Å²) >= 11 is 0. The van der Waals surface area contributed by atoms with Crippen LogP contribution in [0.4, 0.5) is 4.39 Å². The summed E-state index contributed by atoms with van der Waals surface area (Å²) in [6.07, 6.45) is 1.56. The second-order valence-corrected chi connectivity index (χ2v) is 5.07. The van der Waals surface area contributed by atoms with Gasteiger partial charge < -0.3 is 4.74 Å². The lowest BCUT2D eigenvalue weighted by atomic mass is 10.0. The second-order valence-electron chi connectivity index (χ2n) is 5.07. The van der Waals surface area contributed by atoms with Crippen LogP contribution in [0, 0.1) is 5.82 Å². The highest BCUT2D eigenvalue weighted by Crippen LogP contribution is 2.30. The number of aromatic amines is 1. The fourth-order valence-corrected chi connectivity index (χ4v) is 2.65. The summed E-state index contributed by atoms with van der Waals surface area (Å²) < 4.78 is 19.6. The number of nitrogens with one attached hydrogen (secondary N) is 1. The van der Waals surface area contributed by atoms with E-state index in [9.17, 15) is 14.0 Å². The highest BCUT2D eigenvalue weighted by molar-refractivity contribution is 5.99. The summed E-state index contributed by atoms with van der Waals surface area (Å²) in [6.45, 7) is 0.118. The van der Waals surface area contributed by atoms with Crippen LogP contribution in [0.5, 0.6) is 0 Å². The molecule has 6 nitrogen and oxygen atoms in total. The van der Waals surface area contributed by atoms with E-state index in [0.717, 1.165) is 0 Å². The van der Waals surface area contributed by atoms with Crippen LogP contribution in [0.15, 0.2) is 47.4 Å². The molecule has 4 rings (SSSR count). The zero-order valence-electron chi connectivity index (χ0n) is 11.7. The number of H-pyrrole nitrogens is 1. The van der Waals surface area contributed by atoms with E-state index in [1.807, 2.05) is 0 Å². The van der Waals surface area contributed by atoms with Crippen LogP contribution >= 0.6 is 0 Å². The predicted octanol–water partition coefficient (Wildman–Crippen LogP) is 2.04. The van der Waals surface area contributed by atoms with Crippen molar-refractivity contribution in [2.75, 3.05) is 0 Å². The Labute approximate surface area is 129 Å². The maximum absolute atomic E-state index is 13.1. The summed E-state index contributed by atoms with van der Waals surface area (Å²) in [4.78, 5) is 27.9. The number of carbonyl (C=O) groups excluding carboxylic acids is 1. The zero-order chi connectivity index (χ0) is 16.0. The standard InChI is InChI=1S/C16H10FN3O3/c17-9-1-3-10(4-2-9)20-13(7-14(21)19-20)11-5-6-18-12-8-23-16(22)15(11)12/h1-7H,8H2,(H,19,21). The van der Waals surface area contributed by atoms with Crippen molar-refractivity contribution in [3.05, 3.63) is 70.0 Å². The molecule has 7 heteroatoms. The third-order valence-corrected chi connectivity index (χ3v) is 3.67. The van der Waals surface area contributed by atoms with Crippen molar-refractivity contribution >= 4 is 5.97 Å². The number of esters is 1. The number of aromatic nitrogens is 3. The number of carbonyl (C=O) groups is 1. The Bertz CT molecular complexity index is 973. The van der Waals surface area contributed by atoms with E-state index in [-0.39, 0.29) is 18.0 Å². The average molecular weight is 311 g/mol. The number of hydrogen-bond acceptors (Lipinski definition) is 4. The molecule has 0 saturated heterocycles. The van der Waals surface area contributed by atoms with Crippen molar-refractivity contribution in [2.45, 2.75) is 6.61 Å². The van der Waals surface area contributed by atoms with Crippen molar-refractivity contribution in [2.24, 2.45) is 0 Å². The molecule has 0 spiro atoms. The molecule has 0 bridgehead atoms. The summed E-state index contributed by atoms with van der Waals surface area (Å²) in [5.74, 6) is -0.847. The molecule has 2 aromatic heterocycles. The van der Waals surface area contributed by atoms with E-state index < -0.39 is 5.97 Å². The number of benzene rings is 1. The van der Waals surface area contributed by atoms with E-state index in [2.05, 4.69) is 10.1 Å². The lowest BCUT2D eigenvalue weighted by molar-refractivity contribution is 0.0534. The highest BCUT2D eigenvalue weighted by Gasteiger charge is 2.28. The maximum atomic E-state index is 13.1. The largest absolute Gasteiger partial charge is 0.455 e. The Balaban J connectivity index is 1.95. The van der Waals surface area contributed by atoms with Crippen molar-refractivity contribution in [1.82, 2.24) is 14.8 Å². The normalized spacial score (nSPS) is 13.0. The van der Waals surface area contributed by atoms with Crippen LogP contribution in [0.2, 0.25) is 0 Å². The van der Waals surface area contributed by atoms with Crippen molar-refractivity contribution in [1.29, 1.82) is 0 Å². The second kappa shape index (κ2) is 4.91. The quantitative estimate of drug-likeness (QED) is 0.735. The molecular weight excluding hydrogens is 301 g/mol. The fraction of sp³-hybridized carbons (Fsp3) is 0.0625. The number of nitrogens with zero attached hydrogens (tertiary/aromatic N) is 2. The SMILES string of the molecule is O=C1OCc2nccc(-c3cc(=O)[nH]n3-c3ccc(F)cc3)c21. The van der Waals surface area contributed by atoms with Gasteiger partial charge in [0.1, 0.15) is 12.4 Å². The van der Waals surface area contributed by atoms with Gasteiger partial charge >= 0.3 is 5.97 Å². The first-order valence-electron chi connectivity index (χ1n) is 6.87. The number of hydrogen-bond donors (Lipinski definition) is 1. The van der Waals surface area contributed by atoms with Gasteiger partial charge in [0.15, 0.2) is 0 Å². The molecule has 0 fully saturated rings. The summed E-state index contributed by atoms with van der Waals surface area (Å²) in [5.41, 5.74) is 2.15. The van der Waals surface area contributed by atoms with E-state index >= 15 is 0 Å². The van der Waals surface area contributed by atoms with Gasteiger partial charge in [-0.3, -0.25) is 19.6 Å². The zero-order valence-corrected chi connectivity index (χ0v) is 11.7. The third kappa shape index (κ3) is 2.13. The highest BCUT2D eigenvalue weighted by atomic mass is 19.1. The van der Waals surface area contributed by atoms with E-state index in [1.165, 1.54) is 35.0 Å². The topological polar surface area (TPSA) is 77.0 Å². The van der Waals surface area contributed by atoms with Crippen molar-refractivity contribution in [3.63, 3.8) is 0 Å². The van der Waals surface area contributed by atoms with Gasteiger partial charge in [-0.25, -0.2) is 9.18 Å². The van der Waals surface area contributed by atoms with Gasteiger partial charge in [-0.1, -0.05) is 0 Å². The van der Waals surface area contributed by atoms with Crippen LogP contribution in [-0.2, 0) is 11.3 Å². The molecule has 0 radical (unpaired) electrons. The van der Waals surface area contributed by atoms with Crippen molar-refractivity contribution in [3.8, 4) is 16.9 Å². The molecule has 23 heavy (non-hydrogen) atoms. The Morgan fingerprint density at radius 1 is 1.17 bits per heavy atom. The number of fused-ring (bicyclic) bond motifs is 1. The lowest BCUT2D eigenvalue weighted by Gasteiger charge is -2.10. The Hall–Kier alpha value is -3.22. The first kappa shape index (κ1) is 13.4. The molecule has 1 aromatic carbocycles. The lowest BCUT2D eigenvalue weighted by Crippen LogP contribution is -2.05. The molecule has 0 aliphatic carbocycles. The first-order valence-corrected chi connectivity index (χ1v) is 6.87. The van der Waals surface area contributed by atoms with Crippen molar-refractivity contribution < 1.29 is 13.9 Å². The number of halogens is 1. The van der Waals surface area contributed by atoms with Gasteiger partial charge in [-0.05, 0) is 30.3 Å². The molecule has 0 atom stereocenters. The first-order chi connectivity index (χ1) is 11.1. The van der Waals surface area contributed by atoms with Gasteiger partial charge in [-0.15, -0.1) is 0 Å². The van der Waals surface area contributed by atoms with E-state index in [0.29, 0.717) is 28.2 Å². The fourth-order valence-electron chi connectivity index (χ4n) is 2.65. The van der Waals surface area contributed by atoms with E-state index in [4.69, 9.17) is 4.74 Å². The summed E-state index contributed by atoms with van der Waals surface area (Å²) in [7, 11) is 0. The van der Waals surface area contributed by atoms with Crippen LogP contribution < -0.4 is 5.56 Å². The van der Waals surface area contributed by atoms with Gasteiger partial charge in [0, 0.05) is 17.8 Å². The molecule has 1 N–H and O–H groups in total. The molecule has 114 valence electrons. The minimum atomic E-state index is -0.470. The molecule has 0 unspecified atom stereocenters. The minimum Gasteiger partial charge on any atom is -0.455 e. The summed E-state index contributed by atoms with van der Waals surface area (Å²) in [6, 6.07) is 8.69. The number of pyridine rings is 1.